The van der Waals surface area contributed by atoms with Crippen molar-refractivity contribution in [3.05, 3.63) is 93.8 Å². The van der Waals surface area contributed by atoms with Crippen molar-refractivity contribution in [2.75, 3.05) is 12.0 Å². The summed E-state index contributed by atoms with van der Waals surface area (Å²) in [5.74, 6) is -1.43. The Bertz CT molecular complexity index is 1250. The number of pyridine rings is 1. The first-order valence-corrected chi connectivity index (χ1v) is 10.3. The van der Waals surface area contributed by atoms with E-state index in [2.05, 4.69) is 4.98 Å². The normalized spacial score (nSPS) is 17.6. The molecule has 162 valence electrons. The Hall–Kier alpha value is -3.64. The van der Waals surface area contributed by atoms with E-state index < -0.39 is 17.7 Å². The number of hydrogen-bond donors (Lipinski definition) is 1. The molecule has 1 aliphatic heterocycles. The van der Waals surface area contributed by atoms with Crippen LogP contribution in [0.2, 0.25) is 5.02 Å². The van der Waals surface area contributed by atoms with Crippen molar-refractivity contribution < 1.29 is 19.4 Å². The fraction of sp³-hybridized carbons (Fsp3) is 0.160. The number of aryl methyl sites for hydroxylation is 1. The third kappa shape index (κ3) is 3.52. The van der Waals surface area contributed by atoms with Gasteiger partial charge in [0.1, 0.15) is 11.5 Å². The van der Waals surface area contributed by atoms with Crippen molar-refractivity contribution in [3.63, 3.8) is 0 Å². The summed E-state index contributed by atoms with van der Waals surface area (Å²) in [5.41, 5.74) is 2.97. The summed E-state index contributed by atoms with van der Waals surface area (Å²) in [5, 5.41) is 11.8. The van der Waals surface area contributed by atoms with E-state index in [1.165, 1.54) is 12.0 Å². The minimum absolute atomic E-state index is 0.0236. The van der Waals surface area contributed by atoms with Crippen LogP contribution in [0.5, 0.6) is 5.75 Å². The topological polar surface area (TPSA) is 79.7 Å². The molecule has 1 amide bonds. The largest absolute Gasteiger partial charge is 0.507 e. The number of methoxy groups -OCH3 is 1. The predicted octanol–water partition coefficient (Wildman–Crippen LogP) is 4.99. The van der Waals surface area contributed by atoms with Gasteiger partial charge in [0.15, 0.2) is 0 Å². The summed E-state index contributed by atoms with van der Waals surface area (Å²) >= 11 is 6.31. The number of hydrogen-bond acceptors (Lipinski definition) is 5. The Balaban J connectivity index is 2.01. The smallest absolute Gasteiger partial charge is 0.300 e. The first-order chi connectivity index (χ1) is 15.3. The maximum atomic E-state index is 13.3. The van der Waals surface area contributed by atoms with Gasteiger partial charge in [0.25, 0.3) is 11.7 Å². The van der Waals surface area contributed by atoms with E-state index in [0.717, 1.165) is 5.56 Å². The van der Waals surface area contributed by atoms with Gasteiger partial charge in [-0.1, -0.05) is 29.3 Å². The maximum absolute atomic E-state index is 13.3. The van der Waals surface area contributed by atoms with Crippen LogP contribution >= 0.6 is 11.6 Å². The molecule has 1 unspecified atom stereocenters. The molecule has 2 aromatic carbocycles. The zero-order valence-electron chi connectivity index (χ0n) is 17.8. The van der Waals surface area contributed by atoms with Gasteiger partial charge in [0, 0.05) is 23.1 Å². The van der Waals surface area contributed by atoms with Crippen LogP contribution in [0.4, 0.5) is 5.69 Å². The second-order valence-electron chi connectivity index (χ2n) is 7.54. The molecule has 6 nitrogen and oxygen atoms in total. The fourth-order valence-electron chi connectivity index (χ4n) is 3.95. The van der Waals surface area contributed by atoms with Gasteiger partial charge >= 0.3 is 0 Å². The lowest BCUT2D eigenvalue weighted by Crippen LogP contribution is -2.30. The first-order valence-electron chi connectivity index (χ1n) is 9.96. The first kappa shape index (κ1) is 21.6. The number of carbonyl (C=O) groups is 2. The number of carbonyl (C=O) groups excluding carboxylic acids is 2. The Labute approximate surface area is 190 Å². The monoisotopic (exact) mass is 448 g/mol. The van der Waals surface area contributed by atoms with Crippen LogP contribution in [0.25, 0.3) is 5.76 Å². The Morgan fingerprint density at radius 3 is 2.50 bits per heavy atom. The van der Waals surface area contributed by atoms with E-state index in [1.54, 1.807) is 61.8 Å². The van der Waals surface area contributed by atoms with Crippen LogP contribution in [0.3, 0.4) is 0 Å². The Morgan fingerprint density at radius 2 is 1.81 bits per heavy atom. The standard InChI is InChI=1S/C25H21ClN2O4/c1-14-7-8-20(32-3)17(13-14)23(29)21-22(16-9-11-27-12-10-16)28(25(31)24(21)30)19-6-4-5-18(26)15(19)2/h4-13,22,29H,1-3H3/b23-21+. The summed E-state index contributed by atoms with van der Waals surface area (Å²) in [6.07, 6.45) is 3.15. The van der Waals surface area contributed by atoms with Gasteiger partial charge in [0.2, 0.25) is 0 Å². The number of Topliss-reactive ketones (excluding diaryl/α,β-unsaturated/α-hetero) is 1. The highest BCUT2D eigenvalue weighted by atomic mass is 35.5. The molecular weight excluding hydrogens is 428 g/mol. The molecule has 1 saturated heterocycles. The molecule has 0 bridgehead atoms. The highest BCUT2D eigenvalue weighted by molar-refractivity contribution is 6.52. The molecule has 0 aliphatic carbocycles. The Kier molecular flexibility index (Phi) is 5.72. The van der Waals surface area contributed by atoms with Gasteiger partial charge in [-0.15, -0.1) is 0 Å². The van der Waals surface area contributed by atoms with E-state index in [0.29, 0.717) is 33.1 Å². The third-order valence-electron chi connectivity index (χ3n) is 5.58. The van der Waals surface area contributed by atoms with Crippen molar-refractivity contribution in [1.29, 1.82) is 0 Å². The van der Waals surface area contributed by atoms with Crippen LogP contribution in [0.1, 0.15) is 28.3 Å². The van der Waals surface area contributed by atoms with Crippen LogP contribution in [-0.2, 0) is 9.59 Å². The maximum Gasteiger partial charge on any atom is 0.300 e. The minimum atomic E-state index is -0.861. The quantitative estimate of drug-likeness (QED) is 0.345. The van der Waals surface area contributed by atoms with Crippen molar-refractivity contribution >= 4 is 34.7 Å². The zero-order valence-corrected chi connectivity index (χ0v) is 18.6. The lowest BCUT2D eigenvalue weighted by atomic mass is 9.94. The van der Waals surface area contributed by atoms with Crippen LogP contribution in [0.15, 0.2) is 66.5 Å². The van der Waals surface area contributed by atoms with Crippen LogP contribution in [0, 0.1) is 13.8 Å². The second-order valence-corrected chi connectivity index (χ2v) is 7.94. The molecule has 4 rings (SSSR count). The number of halogens is 1. The number of aliphatic hydroxyl groups is 1. The van der Waals surface area contributed by atoms with Crippen molar-refractivity contribution in [2.24, 2.45) is 0 Å². The number of amides is 1. The molecule has 1 N–H and O–H groups in total. The molecule has 3 aromatic rings. The molecule has 1 aromatic heterocycles. The SMILES string of the molecule is COc1ccc(C)cc1/C(O)=C1\C(=O)C(=O)N(c2cccc(Cl)c2C)C1c1ccncc1. The fourth-order valence-corrected chi connectivity index (χ4v) is 4.12. The van der Waals surface area contributed by atoms with Crippen LogP contribution < -0.4 is 9.64 Å². The Morgan fingerprint density at radius 1 is 1.09 bits per heavy atom. The van der Waals surface area contributed by atoms with E-state index >= 15 is 0 Å². The van der Waals surface area contributed by atoms with Crippen LogP contribution in [-0.4, -0.2) is 28.9 Å². The second kappa shape index (κ2) is 8.48. The van der Waals surface area contributed by atoms with E-state index in [9.17, 15) is 14.7 Å². The molecule has 7 heteroatoms. The van der Waals surface area contributed by atoms with Crippen molar-refractivity contribution in [2.45, 2.75) is 19.9 Å². The zero-order chi connectivity index (χ0) is 23.0. The average Bonchev–Trinajstić information content (AvgIpc) is 3.06. The molecule has 0 saturated carbocycles. The molecule has 1 aliphatic rings. The van der Waals surface area contributed by atoms with Crippen molar-refractivity contribution in [1.82, 2.24) is 4.98 Å². The minimum Gasteiger partial charge on any atom is -0.507 e. The number of ketones is 1. The number of benzene rings is 2. The highest BCUT2D eigenvalue weighted by Crippen LogP contribution is 2.44. The highest BCUT2D eigenvalue weighted by Gasteiger charge is 2.47. The number of nitrogens with zero attached hydrogens (tertiary/aromatic N) is 2. The number of anilines is 1. The lowest BCUT2D eigenvalue weighted by molar-refractivity contribution is -0.132. The number of ether oxygens (including phenoxy) is 1. The number of aliphatic hydroxyl groups excluding tert-OH is 1. The summed E-state index contributed by atoms with van der Waals surface area (Å²) in [7, 11) is 1.48. The molecular formula is C25H21ClN2O4. The van der Waals surface area contributed by atoms with Gasteiger partial charge in [0.05, 0.1) is 24.3 Å². The average molecular weight is 449 g/mol. The number of aromatic nitrogens is 1. The van der Waals surface area contributed by atoms with Gasteiger partial charge < -0.3 is 9.84 Å². The van der Waals surface area contributed by atoms with Crippen molar-refractivity contribution in [3.8, 4) is 5.75 Å². The summed E-state index contributed by atoms with van der Waals surface area (Å²) in [6.45, 7) is 3.65. The van der Waals surface area contributed by atoms with E-state index in [-0.39, 0.29) is 11.3 Å². The molecule has 2 heterocycles. The molecule has 1 fully saturated rings. The lowest BCUT2D eigenvalue weighted by Gasteiger charge is -2.27. The van der Waals surface area contributed by atoms with Gasteiger partial charge in [-0.2, -0.15) is 0 Å². The number of rotatable bonds is 4. The summed E-state index contributed by atoms with van der Waals surface area (Å²) < 4.78 is 5.40. The van der Waals surface area contributed by atoms with Gasteiger partial charge in [-0.05, 0) is 61.4 Å². The predicted molar refractivity (Wildman–Crippen MR) is 123 cm³/mol. The molecule has 0 spiro atoms. The molecule has 0 radical (unpaired) electrons. The van der Waals surface area contributed by atoms with E-state index in [4.69, 9.17) is 16.3 Å². The summed E-state index contributed by atoms with van der Waals surface area (Å²) in [6, 6.07) is 13.0. The van der Waals surface area contributed by atoms with Gasteiger partial charge in [-0.3, -0.25) is 19.5 Å². The van der Waals surface area contributed by atoms with E-state index in [1.807, 2.05) is 13.0 Å². The molecule has 32 heavy (non-hydrogen) atoms. The molecule has 1 atom stereocenters. The third-order valence-corrected chi connectivity index (χ3v) is 5.98. The summed E-state index contributed by atoms with van der Waals surface area (Å²) in [4.78, 5) is 32.0. The van der Waals surface area contributed by atoms with Gasteiger partial charge in [-0.25, -0.2) is 0 Å².